The van der Waals surface area contributed by atoms with Crippen molar-refractivity contribution in [1.82, 2.24) is 10.6 Å². The van der Waals surface area contributed by atoms with Crippen LogP contribution < -0.4 is 10.6 Å². The molecule has 0 aliphatic heterocycles. The number of hydrogen-bond donors (Lipinski definition) is 2. The molecule has 0 radical (unpaired) electrons. The molecule has 0 amide bonds. The van der Waals surface area contributed by atoms with E-state index in [1.165, 1.54) is 51.4 Å². The lowest BCUT2D eigenvalue weighted by Crippen LogP contribution is -2.18. The van der Waals surface area contributed by atoms with Gasteiger partial charge in [0.15, 0.2) is 0 Å². The summed E-state index contributed by atoms with van der Waals surface area (Å²) in [6.07, 6.45) is 13.3. The minimum atomic E-state index is -3.84. The van der Waals surface area contributed by atoms with Gasteiger partial charge in [-0.15, -0.1) is 0 Å². The summed E-state index contributed by atoms with van der Waals surface area (Å²) in [4.78, 5) is 0. The molecule has 0 aromatic rings. The number of rotatable bonds is 22. The van der Waals surface area contributed by atoms with Crippen molar-refractivity contribution < 1.29 is 16.8 Å². The predicted molar refractivity (Wildman–Crippen MR) is 113 cm³/mol. The minimum Gasteiger partial charge on any atom is -0.317 e. The Hall–Kier alpha value is -0.210. The van der Waals surface area contributed by atoms with Crippen LogP contribution in [0.4, 0.5) is 0 Å². The number of nitrogens with one attached hydrogen (secondary N) is 2. The van der Waals surface area contributed by atoms with E-state index in [0.717, 1.165) is 39.0 Å². The van der Waals surface area contributed by atoms with Crippen LogP contribution in [0.1, 0.15) is 90.9 Å². The van der Waals surface area contributed by atoms with E-state index in [1.807, 2.05) is 0 Å². The first kappa shape index (κ1) is 26.8. The largest absolute Gasteiger partial charge is 0.399 e. The minimum absolute atomic E-state index is 0.194. The van der Waals surface area contributed by atoms with E-state index in [0.29, 0.717) is 12.8 Å². The zero-order valence-corrected chi connectivity index (χ0v) is 18.6. The highest BCUT2D eigenvalue weighted by Gasteiger charge is 2.10. The van der Waals surface area contributed by atoms with Crippen LogP contribution in [-0.4, -0.2) is 47.8 Å². The summed E-state index contributed by atoms with van der Waals surface area (Å²) in [5, 5.41) is 6.74. The molecule has 0 atom stereocenters. The Morgan fingerprint density at radius 1 is 0.556 bits per heavy atom. The van der Waals surface area contributed by atoms with Crippen LogP contribution in [0.25, 0.3) is 0 Å². The fourth-order valence-electron chi connectivity index (χ4n) is 2.66. The first-order valence-corrected chi connectivity index (χ1v) is 12.4. The van der Waals surface area contributed by atoms with Crippen molar-refractivity contribution in [2.75, 3.05) is 39.4 Å². The smallest absolute Gasteiger partial charge is 0.317 e. The van der Waals surface area contributed by atoms with Crippen molar-refractivity contribution in [2.45, 2.75) is 90.9 Å². The number of hydrogen-bond acceptors (Lipinski definition) is 6. The van der Waals surface area contributed by atoms with Crippen LogP contribution in [-0.2, 0) is 18.8 Å². The molecule has 0 aromatic carbocycles. The van der Waals surface area contributed by atoms with Gasteiger partial charge in [-0.05, 0) is 64.7 Å². The Balaban J connectivity index is 3.34. The molecule has 164 valence electrons. The fraction of sp³-hybridized carbons (Fsp3) is 1.00. The van der Waals surface area contributed by atoms with E-state index in [1.54, 1.807) is 0 Å². The van der Waals surface area contributed by atoms with Gasteiger partial charge in [0.05, 0.1) is 13.2 Å². The van der Waals surface area contributed by atoms with Crippen molar-refractivity contribution in [2.24, 2.45) is 0 Å². The third kappa shape index (κ3) is 21.9. The molecule has 2 N–H and O–H groups in total. The molecule has 0 aromatic heterocycles. The quantitative estimate of drug-likeness (QED) is 0.262. The third-order valence-corrected chi connectivity index (χ3v) is 5.28. The lowest BCUT2D eigenvalue weighted by atomic mass is 10.2. The van der Waals surface area contributed by atoms with Crippen molar-refractivity contribution in [3.63, 3.8) is 0 Å². The van der Waals surface area contributed by atoms with E-state index in [-0.39, 0.29) is 13.2 Å². The summed E-state index contributed by atoms with van der Waals surface area (Å²) in [6, 6.07) is 0. The van der Waals surface area contributed by atoms with Crippen molar-refractivity contribution in [1.29, 1.82) is 0 Å². The predicted octanol–water partition coefficient (Wildman–Crippen LogP) is 4.16. The summed E-state index contributed by atoms with van der Waals surface area (Å²) in [5.41, 5.74) is 0. The zero-order valence-electron chi connectivity index (χ0n) is 17.8. The van der Waals surface area contributed by atoms with Crippen LogP contribution in [0, 0.1) is 0 Å². The van der Waals surface area contributed by atoms with E-state index in [2.05, 4.69) is 24.5 Å². The molecule has 0 aliphatic rings. The molecule has 0 heterocycles. The molecule has 0 rings (SSSR count). The van der Waals surface area contributed by atoms with Crippen LogP contribution in [0.15, 0.2) is 0 Å². The van der Waals surface area contributed by atoms with Gasteiger partial charge in [-0.1, -0.05) is 52.4 Å². The Morgan fingerprint density at radius 3 is 1.30 bits per heavy atom. The average Bonchev–Trinajstić information content (AvgIpc) is 2.64. The van der Waals surface area contributed by atoms with Gasteiger partial charge in [-0.25, -0.2) is 8.37 Å². The van der Waals surface area contributed by atoms with Crippen molar-refractivity contribution in [3.05, 3.63) is 0 Å². The highest BCUT2D eigenvalue weighted by Crippen LogP contribution is 2.02. The van der Waals surface area contributed by atoms with E-state index in [9.17, 15) is 8.42 Å². The SMILES string of the molecule is CCCCCCNCCCCOS(=O)(=O)OCCCCNCCCCCC. The Bertz CT molecular complexity index is 361. The normalized spacial score (nSPS) is 11.9. The Morgan fingerprint density at radius 2 is 0.926 bits per heavy atom. The molecule has 0 bridgehead atoms. The second kappa shape index (κ2) is 20.5. The van der Waals surface area contributed by atoms with Crippen LogP contribution >= 0.6 is 0 Å². The second-order valence-electron chi connectivity index (χ2n) is 7.09. The van der Waals surface area contributed by atoms with Crippen molar-refractivity contribution >= 4 is 10.4 Å². The molecule has 6 nitrogen and oxygen atoms in total. The molecule has 0 unspecified atom stereocenters. The summed E-state index contributed by atoms with van der Waals surface area (Å²) < 4.78 is 33.0. The second-order valence-corrected chi connectivity index (χ2v) is 8.38. The third-order valence-electron chi connectivity index (χ3n) is 4.37. The number of unbranched alkanes of at least 4 members (excludes halogenated alkanes) is 8. The highest BCUT2D eigenvalue weighted by molar-refractivity contribution is 7.81. The van der Waals surface area contributed by atoms with Gasteiger partial charge in [-0.2, -0.15) is 8.42 Å². The maximum atomic E-state index is 11.6. The van der Waals surface area contributed by atoms with Crippen LogP contribution in [0.3, 0.4) is 0 Å². The molecule has 0 saturated carbocycles. The topological polar surface area (TPSA) is 76.7 Å². The molecule has 0 fully saturated rings. The summed E-state index contributed by atoms with van der Waals surface area (Å²) in [5.74, 6) is 0. The molecule has 0 aliphatic carbocycles. The maximum absolute atomic E-state index is 11.6. The zero-order chi connectivity index (χ0) is 20.1. The van der Waals surface area contributed by atoms with Gasteiger partial charge in [0, 0.05) is 0 Å². The van der Waals surface area contributed by atoms with Crippen molar-refractivity contribution in [3.8, 4) is 0 Å². The Kier molecular flexibility index (Phi) is 20.4. The molecule has 27 heavy (non-hydrogen) atoms. The lowest BCUT2D eigenvalue weighted by Gasteiger charge is -2.07. The summed E-state index contributed by atoms with van der Waals surface area (Å²) in [7, 11) is -3.84. The lowest BCUT2D eigenvalue weighted by molar-refractivity contribution is 0.208. The first-order chi connectivity index (χ1) is 13.1. The van der Waals surface area contributed by atoms with Gasteiger partial charge < -0.3 is 10.6 Å². The maximum Gasteiger partial charge on any atom is 0.399 e. The molecule has 7 heteroatoms. The summed E-state index contributed by atoms with van der Waals surface area (Å²) >= 11 is 0. The van der Waals surface area contributed by atoms with E-state index >= 15 is 0 Å². The Labute approximate surface area is 168 Å². The molecular weight excluding hydrogens is 364 g/mol. The fourth-order valence-corrected chi connectivity index (χ4v) is 3.38. The van der Waals surface area contributed by atoms with Gasteiger partial charge in [0.2, 0.25) is 0 Å². The average molecular weight is 409 g/mol. The first-order valence-electron chi connectivity index (χ1n) is 11.1. The molecule has 0 saturated heterocycles. The van der Waals surface area contributed by atoms with Crippen LogP contribution in [0.2, 0.25) is 0 Å². The standard InChI is InChI=1S/C20H44N2O4S/c1-3-5-7-9-15-21-17-11-13-19-25-27(23,24)26-20-14-12-18-22-16-10-8-6-4-2/h21-22H,3-20H2,1-2H3. The van der Waals surface area contributed by atoms with Gasteiger partial charge in [0.25, 0.3) is 0 Å². The van der Waals surface area contributed by atoms with Gasteiger partial charge >= 0.3 is 10.4 Å². The van der Waals surface area contributed by atoms with E-state index < -0.39 is 10.4 Å². The van der Waals surface area contributed by atoms with Gasteiger partial charge in [-0.3, -0.25) is 0 Å². The monoisotopic (exact) mass is 408 g/mol. The molecule has 0 spiro atoms. The summed E-state index contributed by atoms with van der Waals surface area (Å²) in [6.45, 7) is 8.69. The highest BCUT2D eigenvalue weighted by atomic mass is 32.3. The van der Waals surface area contributed by atoms with E-state index in [4.69, 9.17) is 8.37 Å². The van der Waals surface area contributed by atoms with Crippen LogP contribution in [0.5, 0.6) is 0 Å². The van der Waals surface area contributed by atoms with Gasteiger partial charge in [0.1, 0.15) is 0 Å². The molecular formula is C20H44N2O4S.